The van der Waals surface area contributed by atoms with Crippen LogP contribution in [-0.4, -0.2) is 25.9 Å². The number of carbonyl (C=O) groups is 1. The molecule has 0 aliphatic rings. The van der Waals surface area contributed by atoms with Crippen LogP contribution in [-0.2, 0) is 14.8 Å². The predicted molar refractivity (Wildman–Crippen MR) is 107 cm³/mol. The SMILES string of the molecule is Cc1nc2ccc(NC(=O)CCNS(=O)(=O)c3ccc(Br)cc3)cc2s1. The Hall–Kier alpha value is -1.81. The summed E-state index contributed by atoms with van der Waals surface area (Å²) in [6.45, 7) is 1.95. The number of carbonyl (C=O) groups excluding carboxylic acids is 1. The molecule has 26 heavy (non-hydrogen) atoms. The number of amides is 1. The lowest BCUT2D eigenvalue weighted by Gasteiger charge is -2.08. The van der Waals surface area contributed by atoms with Gasteiger partial charge in [0.05, 0.1) is 20.1 Å². The molecule has 0 fully saturated rings. The van der Waals surface area contributed by atoms with Gasteiger partial charge in [0.1, 0.15) is 0 Å². The van der Waals surface area contributed by atoms with Crippen LogP contribution in [0.5, 0.6) is 0 Å². The number of aryl methyl sites for hydroxylation is 1. The lowest BCUT2D eigenvalue weighted by Crippen LogP contribution is -2.27. The van der Waals surface area contributed by atoms with E-state index in [9.17, 15) is 13.2 Å². The second-order valence-corrected chi connectivity index (χ2v) is 9.48. The Kier molecular flexibility index (Phi) is 5.71. The van der Waals surface area contributed by atoms with E-state index in [4.69, 9.17) is 0 Å². The second kappa shape index (κ2) is 7.83. The van der Waals surface area contributed by atoms with Gasteiger partial charge in [0.25, 0.3) is 0 Å². The minimum absolute atomic E-state index is 0.0200. The van der Waals surface area contributed by atoms with Crippen molar-refractivity contribution in [1.82, 2.24) is 9.71 Å². The third kappa shape index (κ3) is 4.67. The zero-order valence-electron chi connectivity index (χ0n) is 13.8. The minimum atomic E-state index is -3.63. The number of sulfonamides is 1. The topological polar surface area (TPSA) is 88.2 Å². The van der Waals surface area contributed by atoms with Gasteiger partial charge >= 0.3 is 0 Å². The Morgan fingerprint density at radius 2 is 1.92 bits per heavy atom. The molecule has 0 saturated heterocycles. The van der Waals surface area contributed by atoms with Crippen molar-refractivity contribution in [3.63, 3.8) is 0 Å². The summed E-state index contributed by atoms with van der Waals surface area (Å²) in [4.78, 5) is 16.6. The van der Waals surface area contributed by atoms with E-state index in [1.807, 2.05) is 19.1 Å². The molecule has 0 spiro atoms. The van der Waals surface area contributed by atoms with E-state index >= 15 is 0 Å². The minimum Gasteiger partial charge on any atom is -0.326 e. The molecule has 136 valence electrons. The second-order valence-electron chi connectivity index (χ2n) is 5.57. The zero-order chi connectivity index (χ0) is 18.7. The van der Waals surface area contributed by atoms with Crippen LogP contribution in [0.15, 0.2) is 51.8 Å². The number of thiazole rings is 1. The van der Waals surface area contributed by atoms with Crippen molar-refractivity contribution in [3.8, 4) is 0 Å². The Morgan fingerprint density at radius 3 is 2.65 bits per heavy atom. The largest absolute Gasteiger partial charge is 0.326 e. The lowest BCUT2D eigenvalue weighted by atomic mass is 10.3. The van der Waals surface area contributed by atoms with E-state index in [-0.39, 0.29) is 23.8 Å². The number of halogens is 1. The number of fused-ring (bicyclic) bond motifs is 1. The van der Waals surface area contributed by atoms with Gasteiger partial charge in [-0.1, -0.05) is 15.9 Å². The standard InChI is InChI=1S/C17H16BrN3O3S2/c1-11-20-15-7-4-13(10-16(15)25-11)21-17(22)8-9-19-26(23,24)14-5-2-12(18)3-6-14/h2-7,10,19H,8-9H2,1H3,(H,21,22). The highest BCUT2D eigenvalue weighted by Gasteiger charge is 2.14. The molecule has 9 heteroatoms. The summed E-state index contributed by atoms with van der Waals surface area (Å²) in [5.74, 6) is -0.260. The van der Waals surface area contributed by atoms with E-state index in [2.05, 4.69) is 31.0 Å². The van der Waals surface area contributed by atoms with E-state index in [1.165, 1.54) is 12.1 Å². The number of benzene rings is 2. The Morgan fingerprint density at radius 1 is 1.19 bits per heavy atom. The smallest absolute Gasteiger partial charge is 0.240 e. The molecular weight excluding hydrogens is 438 g/mol. The first-order chi connectivity index (χ1) is 12.3. The number of nitrogens with one attached hydrogen (secondary N) is 2. The molecule has 1 heterocycles. The molecular formula is C17H16BrN3O3S2. The maximum Gasteiger partial charge on any atom is 0.240 e. The fraction of sp³-hybridized carbons (Fsp3) is 0.176. The summed E-state index contributed by atoms with van der Waals surface area (Å²) >= 11 is 4.82. The number of aromatic nitrogens is 1. The third-order valence-electron chi connectivity index (χ3n) is 3.55. The zero-order valence-corrected chi connectivity index (χ0v) is 17.0. The summed E-state index contributed by atoms with van der Waals surface area (Å²) in [6.07, 6.45) is 0.0372. The first kappa shape index (κ1) is 19.0. The molecule has 3 rings (SSSR count). The van der Waals surface area contributed by atoms with Gasteiger partial charge in [0.2, 0.25) is 15.9 Å². The van der Waals surface area contributed by atoms with Gasteiger partial charge in [0, 0.05) is 23.1 Å². The van der Waals surface area contributed by atoms with Gasteiger partial charge in [-0.05, 0) is 49.4 Å². The number of nitrogens with zero attached hydrogens (tertiary/aromatic N) is 1. The average Bonchev–Trinajstić information content (AvgIpc) is 2.94. The van der Waals surface area contributed by atoms with Crippen molar-refractivity contribution in [3.05, 3.63) is 51.9 Å². The highest BCUT2D eigenvalue weighted by molar-refractivity contribution is 9.10. The molecule has 0 aliphatic heterocycles. The van der Waals surface area contributed by atoms with Gasteiger partial charge in [-0.15, -0.1) is 11.3 Å². The summed E-state index contributed by atoms with van der Waals surface area (Å²) in [7, 11) is -3.63. The molecule has 0 unspecified atom stereocenters. The first-order valence-electron chi connectivity index (χ1n) is 7.76. The highest BCUT2D eigenvalue weighted by atomic mass is 79.9. The molecule has 0 saturated carbocycles. The molecule has 0 aliphatic carbocycles. The molecule has 3 aromatic rings. The van der Waals surface area contributed by atoms with Gasteiger partial charge < -0.3 is 5.32 Å². The van der Waals surface area contributed by atoms with Crippen LogP contribution in [0.1, 0.15) is 11.4 Å². The number of anilines is 1. The van der Waals surface area contributed by atoms with Crippen molar-refractivity contribution in [1.29, 1.82) is 0 Å². The van der Waals surface area contributed by atoms with E-state index < -0.39 is 10.0 Å². The molecule has 0 atom stereocenters. The van der Waals surface area contributed by atoms with Crippen LogP contribution in [0, 0.1) is 6.92 Å². The van der Waals surface area contributed by atoms with Crippen LogP contribution >= 0.6 is 27.3 Å². The Balaban J connectivity index is 1.55. The highest BCUT2D eigenvalue weighted by Crippen LogP contribution is 2.24. The maximum atomic E-state index is 12.2. The van der Waals surface area contributed by atoms with Crippen LogP contribution in [0.3, 0.4) is 0 Å². The van der Waals surface area contributed by atoms with E-state index in [0.717, 1.165) is 19.7 Å². The molecule has 2 aromatic carbocycles. The molecule has 2 N–H and O–H groups in total. The van der Waals surface area contributed by atoms with Crippen LogP contribution < -0.4 is 10.0 Å². The molecule has 0 radical (unpaired) electrons. The quantitative estimate of drug-likeness (QED) is 0.595. The van der Waals surface area contributed by atoms with Crippen molar-refractivity contribution in [2.75, 3.05) is 11.9 Å². The number of rotatable bonds is 6. The van der Waals surface area contributed by atoms with Crippen LogP contribution in [0.2, 0.25) is 0 Å². The van der Waals surface area contributed by atoms with Gasteiger partial charge in [0.15, 0.2) is 0 Å². The van der Waals surface area contributed by atoms with Gasteiger partial charge in [-0.3, -0.25) is 4.79 Å². The van der Waals surface area contributed by atoms with Crippen molar-refractivity contribution in [2.24, 2.45) is 0 Å². The van der Waals surface area contributed by atoms with Crippen molar-refractivity contribution < 1.29 is 13.2 Å². The normalized spacial score (nSPS) is 11.6. The first-order valence-corrected chi connectivity index (χ1v) is 10.8. The molecule has 1 amide bonds. The third-order valence-corrected chi connectivity index (χ3v) is 6.49. The summed E-state index contributed by atoms with van der Waals surface area (Å²) in [5, 5.41) is 3.74. The lowest BCUT2D eigenvalue weighted by molar-refractivity contribution is -0.116. The number of hydrogen-bond donors (Lipinski definition) is 2. The van der Waals surface area contributed by atoms with Crippen LogP contribution in [0.25, 0.3) is 10.2 Å². The number of hydrogen-bond acceptors (Lipinski definition) is 5. The Bertz CT molecular complexity index is 1050. The van der Waals surface area contributed by atoms with Gasteiger partial charge in [-0.25, -0.2) is 18.1 Å². The fourth-order valence-electron chi connectivity index (χ4n) is 2.34. The summed E-state index contributed by atoms with van der Waals surface area (Å²) in [5.41, 5.74) is 1.56. The Labute approximate surface area is 163 Å². The fourth-order valence-corrected chi connectivity index (χ4v) is 4.50. The molecule has 6 nitrogen and oxygen atoms in total. The van der Waals surface area contributed by atoms with E-state index in [0.29, 0.717) is 5.69 Å². The molecule has 0 bridgehead atoms. The van der Waals surface area contributed by atoms with Crippen molar-refractivity contribution >= 4 is 59.1 Å². The van der Waals surface area contributed by atoms with Crippen molar-refractivity contribution in [2.45, 2.75) is 18.2 Å². The van der Waals surface area contributed by atoms with Gasteiger partial charge in [-0.2, -0.15) is 0 Å². The predicted octanol–water partition coefficient (Wildman–Crippen LogP) is 3.67. The monoisotopic (exact) mass is 453 g/mol. The van der Waals surface area contributed by atoms with Crippen LogP contribution in [0.4, 0.5) is 5.69 Å². The average molecular weight is 454 g/mol. The van der Waals surface area contributed by atoms with E-state index in [1.54, 1.807) is 29.5 Å². The maximum absolute atomic E-state index is 12.2. The summed E-state index contributed by atoms with van der Waals surface area (Å²) < 4.78 is 28.6. The summed E-state index contributed by atoms with van der Waals surface area (Å²) in [6, 6.07) is 11.8. The molecule has 1 aromatic heterocycles.